The van der Waals surface area contributed by atoms with Gasteiger partial charge in [-0.25, -0.2) is 4.79 Å². The van der Waals surface area contributed by atoms with Crippen LogP contribution in [-0.2, 0) is 20.7 Å². The molecule has 0 bridgehead atoms. The Morgan fingerprint density at radius 3 is 2.44 bits per heavy atom. The van der Waals surface area contributed by atoms with Gasteiger partial charge in [0.2, 0.25) is 0 Å². The second-order valence-electron chi connectivity index (χ2n) is 5.59. The molecule has 0 aliphatic heterocycles. The van der Waals surface area contributed by atoms with E-state index in [0.717, 1.165) is 17.9 Å². The van der Waals surface area contributed by atoms with Crippen LogP contribution in [0.2, 0.25) is 0 Å². The first-order valence-corrected chi connectivity index (χ1v) is 9.60. The molecule has 0 fully saturated rings. The van der Waals surface area contributed by atoms with Crippen LogP contribution < -0.4 is 11.1 Å². The van der Waals surface area contributed by atoms with E-state index in [2.05, 4.69) is 44.0 Å². The molecule has 0 heterocycles. The minimum Gasteiger partial charge on any atom is -0.480 e. The normalized spacial score (nSPS) is 11.1. The van der Waals surface area contributed by atoms with Crippen molar-refractivity contribution in [2.24, 2.45) is 5.73 Å². The minimum atomic E-state index is -0.968. The molecule has 4 N–H and O–H groups in total. The molecule has 25 heavy (non-hydrogen) atoms. The molecular formula is C18H30N2O4S. The summed E-state index contributed by atoms with van der Waals surface area (Å²) in [5.41, 5.74) is 9.30. The van der Waals surface area contributed by atoms with E-state index in [0.29, 0.717) is 6.61 Å². The highest BCUT2D eigenvalue weighted by Gasteiger charge is 2.16. The number of aryl methyl sites for hydroxylation is 3. The Hall–Kier alpha value is -1.73. The van der Waals surface area contributed by atoms with Crippen LogP contribution in [0.3, 0.4) is 0 Å². The van der Waals surface area contributed by atoms with E-state index in [1.165, 1.54) is 16.7 Å². The smallest absolute Gasteiger partial charge is 0.328 e. The summed E-state index contributed by atoms with van der Waals surface area (Å²) in [6.07, 6.45) is 2.94. The van der Waals surface area contributed by atoms with E-state index in [9.17, 15) is 9.59 Å². The zero-order chi connectivity index (χ0) is 19.4. The number of hydrogen-bond acceptors (Lipinski definition) is 6. The topological polar surface area (TPSA) is 102 Å². The van der Waals surface area contributed by atoms with Crippen LogP contribution >= 0.6 is 11.8 Å². The summed E-state index contributed by atoms with van der Waals surface area (Å²) in [6.45, 7) is 8.33. The van der Waals surface area contributed by atoms with Crippen LogP contribution in [0.25, 0.3) is 0 Å². The molecule has 6 nitrogen and oxygen atoms in total. The van der Waals surface area contributed by atoms with Crippen molar-refractivity contribution in [3.8, 4) is 0 Å². The highest BCUT2D eigenvalue weighted by atomic mass is 32.2. The molecule has 0 spiro atoms. The van der Waals surface area contributed by atoms with Gasteiger partial charge in [0.25, 0.3) is 0 Å². The van der Waals surface area contributed by atoms with Gasteiger partial charge >= 0.3 is 11.9 Å². The number of aliphatic carboxylic acids is 1. The summed E-state index contributed by atoms with van der Waals surface area (Å²) in [6, 6.07) is 3.97. The molecule has 0 amide bonds. The number of nitrogens with two attached hydrogens (primary N) is 1. The number of carboxylic acid groups (broad SMARTS) is 1. The van der Waals surface area contributed by atoms with Gasteiger partial charge in [0.1, 0.15) is 12.6 Å². The molecule has 1 rings (SSSR count). The largest absolute Gasteiger partial charge is 0.480 e. The molecule has 142 valence electrons. The first-order chi connectivity index (χ1) is 11.8. The molecule has 7 heteroatoms. The highest BCUT2D eigenvalue weighted by molar-refractivity contribution is 7.98. The summed E-state index contributed by atoms with van der Waals surface area (Å²) in [4.78, 5) is 21.1. The first kappa shape index (κ1) is 23.3. The minimum absolute atomic E-state index is 0.193. The van der Waals surface area contributed by atoms with Gasteiger partial charge in [-0.15, -0.1) is 0 Å². The van der Waals surface area contributed by atoms with Crippen LogP contribution in [0.5, 0.6) is 0 Å². The maximum atomic E-state index is 11.9. The lowest BCUT2D eigenvalue weighted by atomic mass is 10.0. The monoisotopic (exact) mass is 370 g/mol. The van der Waals surface area contributed by atoms with Crippen molar-refractivity contribution in [2.45, 2.75) is 40.2 Å². The number of carbonyl (C=O) groups is 2. The number of anilines is 1. The zero-order valence-electron chi connectivity index (χ0n) is 15.7. The molecule has 0 saturated heterocycles. The van der Waals surface area contributed by atoms with Gasteiger partial charge in [-0.05, 0) is 44.6 Å². The molecule has 0 aliphatic rings. The third-order valence-electron chi connectivity index (χ3n) is 3.36. The number of nitrogens with one attached hydrogen (secondary N) is 1. The average molecular weight is 371 g/mol. The van der Waals surface area contributed by atoms with Gasteiger partial charge in [0.05, 0.1) is 6.54 Å². The molecule has 0 aliphatic carbocycles. The van der Waals surface area contributed by atoms with E-state index in [4.69, 9.17) is 9.84 Å². The van der Waals surface area contributed by atoms with E-state index in [1.807, 2.05) is 13.2 Å². The fourth-order valence-corrected chi connectivity index (χ4v) is 2.42. The van der Waals surface area contributed by atoms with Gasteiger partial charge in [-0.2, -0.15) is 11.8 Å². The number of rotatable bonds is 8. The van der Waals surface area contributed by atoms with Crippen molar-refractivity contribution in [1.29, 1.82) is 0 Å². The highest BCUT2D eigenvalue weighted by Crippen LogP contribution is 2.24. The van der Waals surface area contributed by atoms with E-state index < -0.39 is 5.97 Å². The maximum Gasteiger partial charge on any atom is 0.328 e. The number of benzene rings is 1. The number of carbonyl (C=O) groups excluding carboxylic acids is 1. The summed E-state index contributed by atoms with van der Waals surface area (Å²) in [5.74, 6) is -0.325. The van der Waals surface area contributed by atoms with Crippen LogP contribution in [0.4, 0.5) is 5.69 Å². The summed E-state index contributed by atoms with van der Waals surface area (Å²) in [7, 11) is 0. The van der Waals surface area contributed by atoms with Crippen molar-refractivity contribution in [1.82, 2.24) is 0 Å². The molecule has 1 aromatic rings. The zero-order valence-corrected chi connectivity index (χ0v) is 16.5. The second kappa shape index (κ2) is 12.6. The lowest BCUT2D eigenvalue weighted by molar-refractivity contribution is -0.143. The molecule has 1 aromatic carbocycles. The maximum absolute atomic E-state index is 11.9. The van der Waals surface area contributed by atoms with E-state index >= 15 is 0 Å². The molecule has 0 radical (unpaired) electrons. The number of hydrogen-bond donors (Lipinski definition) is 3. The van der Waals surface area contributed by atoms with E-state index in [1.54, 1.807) is 11.8 Å². The van der Waals surface area contributed by atoms with Gasteiger partial charge in [0.15, 0.2) is 0 Å². The molecule has 1 atom stereocenters. The quantitative estimate of drug-likeness (QED) is 0.477. The van der Waals surface area contributed by atoms with Gasteiger partial charge < -0.3 is 20.9 Å². The van der Waals surface area contributed by atoms with Crippen LogP contribution in [0.1, 0.15) is 30.5 Å². The Morgan fingerprint density at radius 2 is 1.96 bits per heavy atom. The number of ether oxygens (including phenoxy) is 1. The molecule has 0 saturated carbocycles. The van der Waals surface area contributed by atoms with E-state index in [-0.39, 0.29) is 18.6 Å². The molecular weight excluding hydrogens is 340 g/mol. The van der Waals surface area contributed by atoms with Crippen molar-refractivity contribution >= 4 is 29.4 Å². The van der Waals surface area contributed by atoms with Crippen LogP contribution in [0, 0.1) is 13.8 Å². The van der Waals surface area contributed by atoms with Crippen molar-refractivity contribution in [3.05, 3.63) is 28.8 Å². The Morgan fingerprint density at radius 1 is 1.36 bits per heavy atom. The second-order valence-corrected chi connectivity index (χ2v) is 6.58. The first-order valence-electron chi connectivity index (χ1n) is 8.20. The van der Waals surface area contributed by atoms with Gasteiger partial charge in [-0.3, -0.25) is 4.79 Å². The predicted octanol–water partition coefficient (Wildman–Crippen LogP) is 2.60. The predicted molar refractivity (Wildman–Crippen MR) is 104 cm³/mol. The lowest BCUT2D eigenvalue weighted by Crippen LogP contribution is -2.29. The third kappa shape index (κ3) is 9.36. The number of esters is 1. The lowest BCUT2D eigenvalue weighted by Gasteiger charge is -2.19. The molecule has 0 aromatic heterocycles. The number of thioether (sulfide) groups is 1. The summed E-state index contributed by atoms with van der Waals surface area (Å²) < 4.78 is 5.23. The SMILES string of the molecule is CCc1cc(C)cc(C)c1N[C@@H](C)C(=O)OCCSC.NCC(=O)O. The van der Waals surface area contributed by atoms with Crippen molar-refractivity contribution in [2.75, 3.05) is 30.5 Å². The van der Waals surface area contributed by atoms with Crippen LogP contribution in [0.15, 0.2) is 12.1 Å². The Bertz CT molecular complexity index is 564. The number of carboxylic acids is 1. The van der Waals surface area contributed by atoms with Gasteiger partial charge in [0, 0.05) is 11.4 Å². The Balaban J connectivity index is 0.00000101. The average Bonchev–Trinajstić information content (AvgIpc) is 2.57. The third-order valence-corrected chi connectivity index (χ3v) is 3.94. The Labute approximate surface area is 154 Å². The standard InChI is InChI=1S/C16H25NO2S.C2H5NO2/c1-6-14-10-11(2)9-12(3)15(14)17-13(4)16(18)19-7-8-20-5;3-1-2(4)5/h9-10,13,17H,6-8H2,1-5H3;1,3H2,(H,4,5)/t13-;/m0./s1. The van der Waals surface area contributed by atoms with Crippen LogP contribution in [-0.4, -0.2) is 48.2 Å². The van der Waals surface area contributed by atoms with Crippen molar-refractivity contribution in [3.63, 3.8) is 0 Å². The summed E-state index contributed by atoms with van der Waals surface area (Å²) in [5, 5.41) is 10.9. The Kier molecular flexibility index (Phi) is 11.7. The van der Waals surface area contributed by atoms with Gasteiger partial charge in [-0.1, -0.05) is 24.6 Å². The molecule has 0 unspecified atom stereocenters. The fraction of sp³-hybridized carbons (Fsp3) is 0.556. The fourth-order valence-electron chi connectivity index (χ4n) is 2.17. The summed E-state index contributed by atoms with van der Waals surface area (Å²) >= 11 is 1.67. The van der Waals surface area contributed by atoms with Crippen molar-refractivity contribution < 1.29 is 19.4 Å².